The molecule has 0 bridgehead atoms. The highest BCUT2D eigenvalue weighted by Gasteiger charge is 2.46. The minimum atomic E-state index is -0.780. The fourth-order valence-corrected chi connectivity index (χ4v) is 5.12. The molecule has 196 valence electrons. The van der Waals surface area contributed by atoms with Gasteiger partial charge >= 0.3 is 0 Å². The molecule has 3 heterocycles. The number of benzene rings is 2. The first-order valence-corrected chi connectivity index (χ1v) is 13.2. The number of Topliss-reactive ketones (excluding diaryl/α,β-unsaturated/α-hetero) is 1. The first-order valence-electron chi connectivity index (χ1n) is 13.2. The van der Waals surface area contributed by atoms with Crippen molar-refractivity contribution in [1.29, 1.82) is 0 Å². The predicted octanol–water partition coefficient (Wildman–Crippen LogP) is 5.60. The number of aliphatic hydroxyl groups excluding tert-OH is 1. The Morgan fingerprint density at radius 1 is 1.13 bits per heavy atom. The quantitative estimate of drug-likeness (QED) is 0.174. The van der Waals surface area contributed by atoms with Crippen LogP contribution in [0.4, 0.5) is 0 Å². The van der Waals surface area contributed by atoms with Crippen LogP contribution in [0.1, 0.15) is 61.4 Å². The molecule has 1 N–H and O–H groups in total. The van der Waals surface area contributed by atoms with Crippen LogP contribution in [0, 0.1) is 0 Å². The number of hydrogen-bond donors (Lipinski definition) is 1. The van der Waals surface area contributed by atoms with Crippen molar-refractivity contribution < 1.29 is 24.2 Å². The van der Waals surface area contributed by atoms with Gasteiger partial charge in [-0.15, -0.1) is 0 Å². The molecule has 1 amide bonds. The number of rotatable bonds is 9. The van der Waals surface area contributed by atoms with Crippen LogP contribution in [0.15, 0.2) is 72.6 Å². The summed E-state index contributed by atoms with van der Waals surface area (Å²) in [7, 11) is 0. The lowest BCUT2D eigenvalue weighted by Crippen LogP contribution is -2.29. The monoisotopic (exact) mass is 512 g/mol. The number of fused-ring (bicyclic) bond motifs is 1. The number of aromatic nitrogens is 1. The van der Waals surface area contributed by atoms with E-state index in [0.29, 0.717) is 29.9 Å². The normalized spacial score (nSPS) is 19.9. The summed E-state index contributed by atoms with van der Waals surface area (Å²) in [5, 5.41) is 11.5. The second kappa shape index (κ2) is 11.1. The van der Waals surface area contributed by atoms with Crippen LogP contribution in [-0.2, 0) is 22.6 Å². The molecule has 0 radical (unpaired) electrons. The first kappa shape index (κ1) is 25.5. The maximum atomic E-state index is 13.4. The molecule has 2 aromatic carbocycles. The summed E-state index contributed by atoms with van der Waals surface area (Å²) in [6, 6.07) is 15.7. The van der Waals surface area contributed by atoms with Crippen LogP contribution >= 0.6 is 0 Å². The molecular weight excluding hydrogens is 480 g/mol. The van der Waals surface area contributed by atoms with Gasteiger partial charge in [0.25, 0.3) is 11.7 Å². The van der Waals surface area contributed by atoms with Crippen LogP contribution < -0.4 is 9.47 Å². The van der Waals surface area contributed by atoms with Crippen LogP contribution in [0.25, 0.3) is 5.76 Å². The summed E-state index contributed by atoms with van der Waals surface area (Å²) >= 11 is 0. The molecule has 2 unspecified atom stereocenters. The summed E-state index contributed by atoms with van der Waals surface area (Å²) in [5.74, 6) is -0.132. The van der Waals surface area contributed by atoms with Crippen molar-refractivity contribution in [2.75, 3.05) is 6.61 Å². The van der Waals surface area contributed by atoms with Gasteiger partial charge in [-0.05, 0) is 66.4 Å². The molecule has 1 aromatic heterocycles. The number of hydrogen-bond acceptors (Lipinski definition) is 6. The third kappa shape index (κ3) is 5.14. The molecule has 2 atom stereocenters. The van der Waals surface area contributed by atoms with E-state index in [1.165, 1.54) is 4.90 Å². The molecule has 1 fully saturated rings. The number of ketones is 1. The molecule has 1 saturated heterocycles. The SMILES string of the molecule is CCCCCOc1cccc(C2/C(=C(/O)c3ccc4c(c3)CC(C)O4)C(=O)C(=O)N2Cc2cccnc2)c1. The van der Waals surface area contributed by atoms with Gasteiger partial charge in [-0.1, -0.05) is 38.0 Å². The molecule has 0 spiro atoms. The molecule has 2 aliphatic rings. The van der Waals surface area contributed by atoms with Crippen LogP contribution in [0.3, 0.4) is 0 Å². The topological polar surface area (TPSA) is 89.0 Å². The molecule has 5 rings (SSSR count). The number of amides is 1. The summed E-state index contributed by atoms with van der Waals surface area (Å²) in [4.78, 5) is 32.5. The van der Waals surface area contributed by atoms with E-state index >= 15 is 0 Å². The summed E-state index contributed by atoms with van der Waals surface area (Å²) in [6.07, 6.45) is 7.22. The summed E-state index contributed by atoms with van der Waals surface area (Å²) in [5.41, 5.74) is 2.99. The maximum absolute atomic E-state index is 13.4. The number of carbonyl (C=O) groups excluding carboxylic acids is 2. The fourth-order valence-electron chi connectivity index (χ4n) is 5.12. The van der Waals surface area contributed by atoms with E-state index in [1.54, 1.807) is 30.6 Å². The smallest absolute Gasteiger partial charge is 0.295 e. The van der Waals surface area contributed by atoms with Gasteiger partial charge in [-0.3, -0.25) is 14.6 Å². The molecule has 3 aromatic rings. The minimum absolute atomic E-state index is 0.0486. The Labute approximate surface area is 222 Å². The van der Waals surface area contributed by atoms with E-state index in [2.05, 4.69) is 11.9 Å². The Kier molecular flexibility index (Phi) is 7.45. The molecule has 2 aliphatic heterocycles. The van der Waals surface area contributed by atoms with Gasteiger partial charge in [0.05, 0.1) is 18.2 Å². The van der Waals surface area contributed by atoms with Crippen molar-refractivity contribution in [2.45, 2.75) is 58.2 Å². The predicted molar refractivity (Wildman–Crippen MR) is 144 cm³/mol. The highest BCUT2D eigenvalue weighted by Crippen LogP contribution is 2.42. The Morgan fingerprint density at radius 3 is 2.79 bits per heavy atom. The zero-order valence-electron chi connectivity index (χ0n) is 21.7. The second-order valence-corrected chi connectivity index (χ2v) is 9.87. The Hall–Kier alpha value is -4.13. The van der Waals surface area contributed by atoms with Crippen LogP contribution in [0.5, 0.6) is 11.5 Å². The van der Waals surface area contributed by atoms with E-state index < -0.39 is 17.7 Å². The Bertz CT molecular complexity index is 1370. The van der Waals surface area contributed by atoms with E-state index in [4.69, 9.17) is 9.47 Å². The van der Waals surface area contributed by atoms with E-state index in [9.17, 15) is 14.7 Å². The van der Waals surface area contributed by atoms with Crippen molar-refractivity contribution >= 4 is 17.4 Å². The lowest BCUT2D eigenvalue weighted by Gasteiger charge is -2.25. The standard InChI is InChI=1S/C31H32N2O5/c1-3-4-5-14-37-25-10-6-9-22(17-25)28-27(29(34)23-11-12-26-24(16-23)15-20(2)38-26)30(35)31(36)33(28)19-21-8-7-13-32-18-21/h6-13,16-18,20,28,34H,3-5,14-15,19H2,1-2H3/b29-27-. The number of likely N-dealkylation sites (tertiary alicyclic amines) is 1. The van der Waals surface area contributed by atoms with Crippen molar-refractivity contribution in [3.05, 3.63) is 94.8 Å². The van der Waals surface area contributed by atoms with Crippen molar-refractivity contribution in [2.24, 2.45) is 0 Å². The zero-order chi connectivity index (χ0) is 26.6. The average molecular weight is 513 g/mol. The Balaban J connectivity index is 1.56. The van der Waals surface area contributed by atoms with Gasteiger partial charge in [-0.2, -0.15) is 0 Å². The van der Waals surface area contributed by atoms with Gasteiger partial charge in [-0.25, -0.2) is 0 Å². The largest absolute Gasteiger partial charge is 0.507 e. The van der Waals surface area contributed by atoms with Gasteiger partial charge in [0.15, 0.2) is 0 Å². The van der Waals surface area contributed by atoms with Gasteiger partial charge in [0, 0.05) is 30.9 Å². The lowest BCUT2D eigenvalue weighted by atomic mass is 9.94. The zero-order valence-corrected chi connectivity index (χ0v) is 21.7. The number of ether oxygens (including phenoxy) is 2. The number of carbonyl (C=O) groups is 2. The fraction of sp³-hybridized carbons (Fsp3) is 0.323. The van der Waals surface area contributed by atoms with Gasteiger partial charge < -0.3 is 19.5 Å². The Morgan fingerprint density at radius 2 is 2.00 bits per heavy atom. The molecule has 0 saturated carbocycles. The van der Waals surface area contributed by atoms with Crippen molar-refractivity contribution in [3.8, 4) is 11.5 Å². The lowest BCUT2D eigenvalue weighted by molar-refractivity contribution is -0.140. The highest BCUT2D eigenvalue weighted by molar-refractivity contribution is 6.46. The number of pyridine rings is 1. The van der Waals surface area contributed by atoms with Crippen molar-refractivity contribution in [3.63, 3.8) is 0 Å². The molecule has 7 heteroatoms. The van der Waals surface area contributed by atoms with Gasteiger partial charge in [0.1, 0.15) is 23.4 Å². The van der Waals surface area contributed by atoms with E-state index in [-0.39, 0.29) is 24.0 Å². The summed E-state index contributed by atoms with van der Waals surface area (Å²) in [6.45, 7) is 4.89. The van der Waals surface area contributed by atoms with E-state index in [1.807, 2.05) is 43.3 Å². The average Bonchev–Trinajstić information content (AvgIpc) is 3.42. The van der Waals surface area contributed by atoms with Crippen molar-refractivity contribution in [1.82, 2.24) is 9.88 Å². The van der Waals surface area contributed by atoms with Gasteiger partial charge in [0.2, 0.25) is 0 Å². The third-order valence-corrected chi connectivity index (χ3v) is 6.98. The molecule has 38 heavy (non-hydrogen) atoms. The van der Waals surface area contributed by atoms with Crippen LogP contribution in [-0.4, -0.2) is 39.4 Å². The molecule has 0 aliphatic carbocycles. The molecular formula is C31H32N2O5. The maximum Gasteiger partial charge on any atom is 0.295 e. The number of nitrogens with zero attached hydrogens (tertiary/aromatic N) is 2. The number of unbranched alkanes of at least 4 members (excludes halogenated alkanes) is 2. The number of aliphatic hydroxyl groups is 1. The second-order valence-electron chi connectivity index (χ2n) is 9.87. The highest BCUT2D eigenvalue weighted by atomic mass is 16.5. The molecule has 7 nitrogen and oxygen atoms in total. The first-order chi connectivity index (χ1) is 18.5. The van der Waals surface area contributed by atoms with E-state index in [0.717, 1.165) is 36.1 Å². The summed E-state index contributed by atoms with van der Waals surface area (Å²) < 4.78 is 11.8. The van der Waals surface area contributed by atoms with Crippen LogP contribution in [0.2, 0.25) is 0 Å². The minimum Gasteiger partial charge on any atom is -0.507 e. The third-order valence-electron chi connectivity index (χ3n) is 6.98.